The summed E-state index contributed by atoms with van der Waals surface area (Å²) in [6.45, 7) is 0.763. The normalized spacial score (nSPS) is 43.5. The highest BCUT2D eigenvalue weighted by molar-refractivity contribution is 5.86. The van der Waals surface area contributed by atoms with Gasteiger partial charge in [-0.05, 0) is 56.3 Å². The summed E-state index contributed by atoms with van der Waals surface area (Å²) in [5.74, 6) is 2.42. The predicted octanol–water partition coefficient (Wildman–Crippen LogP) is 3.00. The molecule has 6 unspecified atom stereocenters. The third-order valence-electron chi connectivity index (χ3n) is 7.97. The summed E-state index contributed by atoms with van der Waals surface area (Å²) in [6, 6.07) is 0. The standard InChI is InChI=1S/C21H30N2O3/c1-23(25-2)20(24)21-14(12-22-26-21)11-18-17-8-7-13-5-3-4-6-15(13)16(17)9-10-19(18)21/h7-8,14-16,18-19,22H,3-6,9-12H2,1-2H3. The minimum Gasteiger partial charge on any atom is -0.284 e. The van der Waals surface area contributed by atoms with Gasteiger partial charge in [-0.3, -0.25) is 14.5 Å². The van der Waals surface area contributed by atoms with Crippen LogP contribution < -0.4 is 5.48 Å². The highest BCUT2D eigenvalue weighted by atomic mass is 16.7. The molecule has 5 rings (SSSR count). The van der Waals surface area contributed by atoms with E-state index in [9.17, 15) is 4.79 Å². The monoisotopic (exact) mass is 358 g/mol. The molecule has 0 spiro atoms. The summed E-state index contributed by atoms with van der Waals surface area (Å²) in [5, 5.41) is 1.36. The molecule has 0 aromatic heterocycles. The van der Waals surface area contributed by atoms with Gasteiger partial charge < -0.3 is 0 Å². The van der Waals surface area contributed by atoms with E-state index in [1.54, 1.807) is 25.3 Å². The molecule has 1 saturated heterocycles. The lowest BCUT2D eigenvalue weighted by Gasteiger charge is -2.46. The smallest absolute Gasteiger partial charge is 0.280 e. The molecule has 26 heavy (non-hydrogen) atoms. The van der Waals surface area contributed by atoms with Crippen molar-refractivity contribution in [2.75, 3.05) is 20.7 Å². The summed E-state index contributed by atoms with van der Waals surface area (Å²) < 4.78 is 0. The molecule has 1 heterocycles. The molecule has 1 N–H and O–H groups in total. The Labute approximate surface area is 155 Å². The lowest BCUT2D eigenvalue weighted by molar-refractivity contribution is -0.204. The number of carbonyl (C=O) groups is 1. The molecule has 0 aromatic carbocycles. The highest BCUT2D eigenvalue weighted by Crippen LogP contribution is 2.60. The Morgan fingerprint density at radius 2 is 2.12 bits per heavy atom. The molecular formula is C21H30N2O3. The summed E-state index contributed by atoms with van der Waals surface area (Å²) >= 11 is 0. The second kappa shape index (κ2) is 6.18. The van der Waals surface area contributed by atoms with Crippen molar-refractivity contribution in [3.8, 4) is 0 Å². The van der Waals surface area contributed by atoms with Gasteiger partial charge in [0.05, 0.1) is 7.11 Å². The van der Waals surface area contributed by atoms with Crippen molar-refractivity contribution in [2.24, 2.45) is 29.6 Å². The molecule has 5 nitrogen and oxygen atoms in total. The van der Waals surface area contributed by atoms with Gasteiger partial charge >= 0.3 is 0 Å². The number of amides is 1. The van der Waals surface area contributed by atoms with Crippen LogP contribution in [0.3, 0.4) is 0 Å². The third kappa shape index (κ3) is 2.17. The number of hydroxylamine groups is 3. The number of allylic oxidation sites excluding steroid dienone is 4. The molecule has 4 aliphatic carbocycles. The zero-order valence-electron chi connectivity index (χ0n) is 15.9. The van der Waals surface area contributed by atoms with E-state index in [1.165, 1.54) is 37.2 Å². The fourth-order valence-corrected chi connectivity index (χ4v) is 6.81. The second-order valence-corrected chi connectivity index (χ2v) is 8.82. The molecule has 5 aliphatic rings. The Morgan fingerprint density at radius 1 is 1.23 bits per heavy atom. The zero-order chi connectivity index (χ0) is 17.9. The molecule has 6 atom stereocenters. The van der Waals surface area contributed by atoms with Crippen molar-refractivity contribution in [1.29, 1.82) is 0 Å². The Bertz CT molecular complexity index is 672. The van der Waals surface area contributed by atoms with E-state index < -0.39 is 5.60 Å². The maximum absolute atomic E-state index is 13.2. The Morgan fingerprint density at radius 3 is 2.96 bits per heavy atom. The first-order valence-electron chi connectivity index (χ1n) is 10.3. The maximum Gasteiger partial charge on any atom is 0.280 e. The molecule has 1 aliphatic heterocycles. The van der Waals surface area contributed by atoms with E-state index in [4.69, 9.17) is 9.68 Å². The van der Waals surface area contributed by atoms with Gasteiger partial charge in [-0.15, -0.1) is 0 Å². The molecule has 4 fully saturated rings. The second-order valence-electron chi connectivity index (χ2n) is 8.82. The van der Waals surface area contributed by atoms with Crippen LogP contribution in [0.25, 0.3) is 0 Å². The lowest BCUT2D eigenvalue weighted by Crippen LogP contribution is -2.55. The quantitative estimate of drug-likeness (QED) is 0.771. The van der Waals surface area contributed by atoms with Gasteiger partial charge in [0.25, 0.3) is 5.91 Å². The number of rotatable bonds is 2. The minimum atomic E-state index is -0.752. The van der Waals surface area contributed by atoms with Crippen molar-refractivity contribution in [3.63, 3.8) is 0 Å². The first-order valence-corrected chi connectivity index (χ1v) is 10.3. The van der Waals surface area contributed by atoms with Crippen LogP contribution in [0.15, 0.2) is 23.3 Å². The predicted molar refractivity (Wildman–Crippen MR) is 97.5 cm³/mol. The van der Waals surface area contributed by atoms with Gasteiger partial charge in [-0.25, -0.2) is 10.5 Å². The Kier molecular flexibility index (Phi) is 4.03. The zero-order valence-corrected chi connectivity index (χ0v) is 15.9. The Balaban J connectivity index is 1.50. The van der Waals surface area contributed by atoms with Crippen LogP contribution in [0.2, 0.25) is 0 Å². The van der Waals surface area contributed by atoms with E-state index in [0.29, 0.717) is 11.8 Å². The van der Waals surface area contributed by atoms with Gasteiger partial charge in [0.15, 0.2) is 5.60 Å². The highest BCUT2D eigenvalue weighted by Gasteiger charge is 2.66. The molecule has 5 heteroatoms. The van der Waals surface area contributed by atoms with Gasteiger partial charge in [-0.2, -0.15) is 0 Å². The van der Waals surface area contributed by atoms with Crippen LogP contribution in [0.1, 0.15) is 44.9 Å². The van der Waals surface area contributed by atoms with E-state index in [-0.39, 0.29) is 17.7 Å². The SMILES string of the molecule is CON(C)C(=O)C12ONCC1CC1C3=CC=C4CCCCC4C3CCC12. The van der Waals surface area contributed by atoms with Gasteiger partial charge in [0.1, 0.15) is 0 Å². The summed E-state index contributed by atoms with van der Waals surface area (Å²) in [4.78, 5) is 24.5. The number of likely N-dealkylation sites (N-methyl/N-ethyl adjacent to an activating group) is 1. The van der Waals surface area contributed by atoms with Crippen LogP contribution in [0.4, 0.5) is 0 Å². The van der Waals surface area contributed by atoms with Crippen LogP contribution in [0, 0.1) is 29.6 Å². The molecule has 142 valence electrons. The van der Waals surface area contributed by atoms with E-state index >= 15 is 0 Å². The average molecular weight is 358 g/mol. The molecule has 0 aromatic rings. The lowest BCUT2D eigenvalue weighted by atomic mass is 9.60. The maximum atomic E-state index is 13.2. The summed E-state index contributed by atoms with van der Waals surface area (Å²) in [6.07, 6.45) is 13.5. The van der Waals surface area contributed by atoms with Gasteiger partial charge in [0, 0.05) is 25.4 Å². The van der Waals surface area contributed by atoms with Gasteiger partial charge in [-0.1, -0.05) is 29.7 Å². The van der Waals surface area contributed by atoms with Crippen LogP contribution in [-0.2, 0) is 14.5 Å². The molecular weight excluding hydrogens is 328 g/mol. The summed E-state index contributed by atoms with van der Waals surface area (Å²) in [5.41, 5.74) is 5.59. The number of hydrogen-bond donors (Lipinski definition) is 1. The number of hydrogen-bond acceptors (Lipinski definition) is 4. The van der Waals surface area contributed by atoms with Crippen LogP contribution >= 0.6 is 0 Å². The van der Waals surface area contributed by atoms with Crippen molar-refractivity contribution in [3.05, 3.63) is 23.3 Å². The Hall–Kier alpha value is -1.17. The molecule has 1 amide bonds. The average Bonchev–Trinajstić information content (AvgIpc) is 3.23. The number of fused-ring (bicyclic) bond motifs is 7. The van der Waals surface area contributed by atoms with Crippen molar-refractivity contribution in [1.82, 2.24) is 10.5 Å². The first-order chi connectivity index (χ1) is 12.7. The summed E-state index contributed by atoms with van der Waals surface area (Å²) in [7, 11) is 3.25. The number of nitrogens with one attached hydrogen (secondary N) is 1. The van der Waals surface area contributed by atoms with E-state index in [2.05, 4.69) is 17.6 Å². The largest absolute Gasteiger partial charge is 0.284 e. The molecule has 3 saturated carbocycles. The number of carbonyl (C=O) groups excluding carboxylic acids is 1. The minimum absolute atomic E-state index is 0.0220. The topological polar surface area (TPSA) is 50.8 Å². The van der Waals surface area contributed by atoms with E-state index in [1.807, 2.05) is 0 Å². The molecule has 0 radical (unpaired) electrons. The number of nitrogens with zero attached hydrogens (tertiary/aromatic N) is 1. The van der Waals surface area contributed by atoms with Crippen LogP contribution in [-0.4, -0.2) is 37.3 Å². The van der Waals surface area contributed by atoms with E-state index in [0.717, 1.165) is 25.3 Å². The first kappa shape index (κ1) is 17.0. The molecule has 0 bridgehead atoms. The van der Waals surface area contributed by atoms with Crippen LogP contribution in [0.5, 0.6) is 0 Å². The third-order valence-corrected chi connectivity index (χ3v) is 7.97. The van der Waals surface area contributed by atoms with Gasteiger partial charge in [0.2, 0.25) is 0 Å². The van der Waals surface area contributed by atoms with Crippen molar-refractivity contribution < 1.29 is 14.5 Å². The fourth-order valence-electron chi connectivity index (χ4n) is 6.81. The fraction of sp³-hybridized carbons (Fsp3) is 0.762. The van der Waals surface area contributed by atoms with Crippen molar-refractivity contribution >= 4 is 5.91 Å². The van der Waals surface area contributed by atoms with Crippen molar-refractivity contribution in [2.45, 2.75) is 50.5 Å².